The molecule has 8 heteroatoms. The Hall–Kier alpha value is -0.840. The summed E-state index contributed by atoms with van der Waals surface area (Å²) >= 11 is 30.2. The van der Waals surface area contributed by atoms with Gasteiger partial charge in [0, 0.05) is 0 Å². The van der Waals surface area contributed by atoms with Crippen LogP contribution >= 0.6 is 58.0 Å². The standard InChI is InChI=1S/C14H8Cl5NO2/c1-6-3-2-4-7(5-6)20(14(21)22)13-11(18)9(16)8(15)10(17)12(13)19/h2-5H,1H3,(H,21,22). The molecule has 0 fully saturated rings. The second-order valence-electron chi connectivity index (χ2n) is 4.38. The van der Waals surface area contributed by atoms with E-state index < -0.39 is 6.09 Å². The van der Waals surface area contributed by atoms with E-state index in [-0.39, 0.29) is 30.8 Å². The first-order valence-electron chi connectivity index (χ1n) is 5.86. The van der Waals surface area contributed by atoms with Crippen molar-refractivity contribution in [3.8, 4) is 0 Å². The van der Waals surface area contributed by atoms with Gasteiger partial charge < -0.3 is 5.11 Å². The number of carbonyl (C=O) groups is 1. The van der Waals surface area contributed by atoms with E-state index in [4.69, 9.17) is 58.0 Å². The molecule has 0 aliphatic rings. The Kier molecular flexibility index (Phi) is 5.36. The number of rotatable bonds is 2. The van der Waals surface area contributed by atoms with Crippen molar-refractivity contribution in [3.05, 3.63) is 54.9 Å². The molecular weight excluding hydrogens is 391 g/mol. The maximum Gasteiger partial charge on any atom is 0.416 e. The molecule has 0 bridgehead atoms. The summed E-state index contributed by atoms with van der Waals surface area (Å²) in [6.45, 7) is 1.83. The molecule has 2 aromatic carbocycles. The van der Waals surface area contributed by atoms with Gasteiger partial charge in [-0.1, -0.05) is 70.1 Å². The van der Waals surface area contributed by atoms with Crippen LogP contribution in [0.5, 0.6) is 0 Å². The lowest BCUT2D eigenvalue weighted by Gasteiger charge is -2.23. The number of carboxylic acid groups (broad SMARTS) is 1. The van der Waals surface area contributed by atoms with Crippen LogP contribution in [0.25, 0.3) is 0 Å². The summed E-state index contributed by atoms with van der Waals surface area (Å²) in [6, 6.07) is 6.80. The van der Waals surface area contributed by atoms with E-state index in [0.717, 1.165) is 10.5 Å². The van der Waals surface area contributed by atoms with Gasteiger partial charge in [-0.2, -0.15) is 0 Å². The van der Waals surface area contributed by atoms with Gasteiger partial charge in [-0.3, -0.25) is 0 Å². The molecule has 0 aromatic heterocycles. The molecule has 0 saturated heterocycles. The Balaban J connectivity index is 2.78. The SMILES string of the molecule is Cc1cccc(N(C(=O)O)c2c(Cl)c(Cl)c(Cl)c(Cl)c2Cl)c1. The van der Waals surface area contributed by atoms with Crippen LogP contribution in [-0.4, -0.2) is 11.2 Å². The lowest BCUT2D eigenvalue weighted by Crippen LogP contribution is -2.24. The highest BCUT2D eigenvalue weighted by Gasteiger charge is 2.28. The normalized spacial score (nSPS) is 10.6. The van der Waals surface area contributed by atoms with Crippen LogP contribution in [-0.2, 0) is 0 Å². The van der Waals surface area contributed by atoms with Crippen LogP contribution in [0.4, 0.5) is 16.2 Å². The molecule has 0 unspecified atom stereocenters. The zero-order chi connectivity index (χ0) is 16.6. The molecule has 0 atom stereocenters. The van der Waals surface area contributed by atoms with Crippen LogP contribution in [0.1, 0.15) is 5.56 Å². The largest absolute Gasteiger partial charge is 0.464 e. The quantitative estimate of drug-likeness (QED) is 0.433. The van der Waals surface area contributed by atoms with E-state index in [1.165, 1.54) is 0 Å². The number of hydrogen-bond donors (Lipinski definition) is 1. The average Bonchev–Trinajstić information content (AvgIpc) is 2.47. The summed E-state index contributed by atoms with van der Waals surface area (Å²) < 4.78 is 0. The van der Waals surface area contributed by atoms with Crippen LogP contribution < -0.4 is 4.90 Å². The van der Waals surface area contributed by atoms with Crippen LogP contribution in [0.2, 0.25) is 25.1 Å². The van der Waals surface area contributed by atoms with Crippen molar-refractivity contribution in [2.45, 2.75) is 6.92 Å². The molecule has 2 rings (SSSR count). The molecule has 116 valence electrons. The zero-order valence-electron chi connectivity index (χ0n) is 11.0. The predicted molar refractivity (Wildman–Crippen MR) is 92.8 cm³/mol. The molecule has 22 heavy (non-hydrogen) atoms. The number of benzene rings is 2. The molecule has 0 saturated carbocycles. The lowest BCUT2D eigenvalue weighted by atomic mass is 10.2. The van der Waals surface area contributed by atoms with Crippen LogP contribution in [0, 0.1) is 6.92 Å². The molecule has 0 radical (unpaired) electrons. The third kappa shape index (κ3) is 3.10. The number of hydrogen-bond acceptors (Lipinski definition) is 1. The van der Waals surface area contributed by atoms with E-state index in [1.807, 2.05) is 13.0 Å². The molecule has 0 aliphatic carbocycles. The van der Waals surface area contributed by atoms with Crippen molar-refractivity contribution >= 4 is 75.5 Å². The van der Waals surface area contributed by atoms with E-state index in [2.05, 4.69) is 0 Å². The topological polar surface area (TPSA) is 40.5 Å². The third-order valence-corrected chi connectivity index (χ3v) is 5.12. The second-order valence-corrected chi connectivity index (χ2v) is 6.27. The summed E-state index contributed by atoms with van der Waals surface area (Å²) in [4.78, 5) is 12.6. The monoisotopic (exact) mass is 397 g/mol. The highest BCUT2D eigenvalue weighted by Crippen LogP contribution is 2.49. The number of amides is 1. The highest BCUT2D eigenvalue weighted by molar-refractivity contribution is 6.56. The highest BCUT2D eigenvalue weighted by atomic mass is 35.5. The van der Waals surface area contributed by atoms with Gasteiger partial charge in [-0.05, 0) is 24.6 Å². The van der Waals surface area contributed by atoms with Gasteiger partial charge in [-0.15, -0.1) is 0 Å². The summed E-state index contributed by atoms with van der Waals surface area (Å²) in [7, 11) is 0. The van der Waals surface area contributed by atoms with Gasteiger partial charge in [0.15, 0.2) is 0 Å². The summed E-state index contributed by atoms with van der Waals surface area (Å²) in [5, 5.41) is 9.22. The van der Waals surface area contributed by atoms with E-state index in [1.54, 1.807) is 18.2 Å². The first-order chi connectivity index (χ1) is 10.3. The fourth-order valence-corrected chi connectivity index (χ4v) is 3.19. The predicted octanol–water partition coefficient (Wildman–Crippen LogP) is 7.08. The van der Waals surface area contributed by atoms with Crippen LogP contribution in [0.3, 0.4) is 0 Å². The Morgan fingerprint density at radius 2 is 1.45 bits per heavy atom. The zero-order valence-corrected chi connectivity index (χ0v) is 14.8. The smallest absolute Gasteiger partial charge is 0.416 e. The van der Waals surface area contributed by atoms with Crippen molar-refractivity contribution in [1.29, 1.82) is 0 Å². The molecule has 1 N–H and O–H groups in total. The van der Waals surface area contributed by atoms with E-state index in [0.29, 0.717) is 5.69 Å². The van der Waals surface area contributed by atoms with Crippen molar-refractivity contribution in [2.75, 3.05) is 4.90 Å². The summed E-state index contributed by atoms with van der Waals surface area (Å²) in [6.07, 6.45) is -1.29. The summed E-state index contributed by atoms with van der Waals surface area (Å²) in [5.41, 5.74) is 1.17. The van der Waals surface area contributed by atoms with Crippen molar-refractivity contribution in [3.63, 3.8) is 0 Å². The third-order valence-electron chi connectivity index (χ3n) is 2.86. The fraction of sp³-hybridized carbons (Fsp3) is 0.0714. The second kappa shape index (κ2) is 6.73. The van der Waals surface area contributed by atoms with Gasteiger partial charge in [-0.25, -0.2) is 9.69 Å². The summed E-state index contributed by atoms with van der Waals surface area (Å²) in [5.74, 6) is 0. The van der Waals surface area contributed by atoms with Crippen molar-refractivity contribution < 1.29 is 9.90 Å². The minimum atomic E-state index is -1.29. The molecule has 0 heterocycles. The van der Waals surface area contributed by atoms with Crippen LogP contribution in [0.15, 0.2) is 24.3 Å². The Bertz CT molecular complexity index is 734. The number of halogens is 5. The Morgan fingerprint density at radius 1 is 0.955 bits per heavy atom. The molecule has 2 aromatic rings. The number of aryl methyl sites for hydroxylation is 1. The van der Waals surface area contributed by atoms with Crippen molar-refractivity contribution in [1.82, 2.24) is 0 Å². The Morgan fingerprint density at radius 3 is 1.91 bits per heavy atom. The maximum absolute atomic E-state index is 11.7. The van der Waals surface area contributed by atoms with E-state index in [9.17, 15) is 9.90 Å². The number of anilines is 2. The minimum Gasteiger partial charge on any atom is -0.464 e. The van der Waals surface area contributed by atoms with E-state index >= 15 is 0 Å². The minimum absolute atomic E-state index is 0.0309. The van der Waals surface area contributed by atoms with Gasteiger partial charge >= 0.3 is 6.09 Å². The molecule has 0 spiro atoms. The van der Waals surface area contributed by atoms with Gasteiger partial charge in [0.25, 0.3) is 0 Å². The first kappa shape index (κ1) is 17.5. The Labute approximate surface area is 151 Å². The lowest BCUT2D eigenvalue weighted by molar-refractivity contribution is 0.205. The maximum atomic E-state index is 11.7. The first-order valence-corrected chi connectivity index (χ1v) is 7.75. The molecular formula is C14H8Cl5NO2. The van der Waals surface area contributed by atoms with Crippen molar-refractivity contribution in [2.24, 2.45) is 0 Å². The van der Waals surface area contributed by atoms with Gasteiger partial charge in [0.1, 0.15) is 0 Å². The van der Waals surface area contributed by atoms with Gasteiger partial charge in [0.05, 0.1) is 36.5 Å². The van der Waals surface area contributed by atoms with Gasteiger partial charge in [0.2, 0.25) is 0 Å². The molecule has 3 nitrogen and oxygen atoms in total. The fourth-order valence-electron chi connectivity index (χ4n) is 1.89. The molecule has 0 aliphatic heterocycles. The molecule has 1 amide bonds. The average molecular weight is 399 g/mol. The number of nitrogens with zero attached hydrogens (tertiary/aromatic N) is 1.